The monoisotopic (exact) mass is 234 g/mol. The molecule has 1 aliphatic rings. The van der Waals surface area contributed by atoms with Crippen LogP contribution in [0.5, 0.6) is 5.75 Å². The zero-order chi connectivity index (χ0) is 12.1. The van der Waals surface area contributed by atoms with Gasteiger partial charge in [-0.1, -0.05) is 24.6 Å². The molecular formula is C14H22N2O. The van der Waals surface area contributed by atoms with E-state index in [1.54, 1.807) is 7.11 Å². The molecule has 0 aliphatic heterocycles. The summed E-state index contributed by atoms with van der Waals surface area (Å²) in [5.41, 5.74) is 7.20. The van der Waals surface area contributed by atoms with Gasteiger partial charge in [-0.3, -0.25) is 0 Å². The number of hydrogen-bond acceptors (Lipinski definition) is 3. The van der Waals surface area contributed by atoms with Crippen LogP contribution in [0, 0.1) is 0 Å². The van der Waals surface area contributed by atoms with Crippen LogP contribution < -0.4 is 15.8 Å². The minimum absolute atomic E-state index is 0.374. The van der Waals surface area contributed by atoms with Crippen molar-refractivity contribution in [2.75, 3.05) is 7.11 Å². The van der Waals surface area contributed by atoms with E-state index in [-0.39, 0.29) is 0 Å². The number of nitrogens with one attached hydrogen (secondary N) is 1. The van der Waals surface area contributed by atoms with Crippen LogP contribution in [0.15, 0.2) is 24.3 Å². The summed E-state index contributed by atoms with van der Waals surface area (Å²) in [7, 11) is 1.72. The van der Waals surface area contributed by atoms with E-state index in [0.29, 0.717) is 12.1 Å². The molecule has 2 atom stereocenters. The molecule has 1 fully saturated rings. The molecule has 1 aromatic rings. The summed E-state index contributed by atoms with van der Waals surface area (Å²) >= 11 is 0. The Bertz CT molecular complexity index is 354. The molecule has 94 valence electrons. The van der Waals surface area contributed by atoms with E-state index in [9.17, 15) is 0 Å². The largest absolute Gasteiger partial charge is 0.496 e. The Balaban J connectivity index is 1.88. The van der Waals surface area contributed by atoms with Crippen molar-refractivity contribution in [2.45, 2.75) is 44.3 Å². The molecule has 2 unspecified atom stereocenters. The lowest BCUT2D eigenvalue weighted by atomic mass is 9.91. The Morgan fingerprint density at radius 1 is 1.35 bits per heavy atom. The van der Waals surface area contributed by atoms with Crippen molar-refractivity contribution in [3.8, 4) is 5.75 Å². The van der Waals surface area contributed by atoms with E-state index in [0.717, 1.165) is 18.7 Å². The second-order valence-electron chi connectivity index (χ2n) is 4.82. The summed E-state index contributed by atoms with van der Waals surface area (Å²) in [5, 5.41) is 3.58. The van der Waals surface area contributed by atoms with Crippen LogP contribution in [0.25, 0.3) is 0 Å². The van der Waals surface area contributed by atoms with Gasteiger partial charge in [-0.2, -0.15) is 0 Å². The van der Waals surface area contributed by atoms with Crippen LogP contribution in [0.3, 0.4) is 0 Å². The van der Waals surface area contributed by atoms with Crippen molar-refractivity contribution in [1.29, 1.82) is 0 Å². The van der Waals surface area contributed by atoms with Crippen LogP contribution in [0.4, 0.5) is 0 Å². The van der Waals surface area contributed by atoms with Gasteiger partial charge in [0, 0.05) is 24.2 Å². The average Bonchev–Trinajstić information content (AvgIpc) is 2.37. The first-order chi connectivity index (χ1) is 8.29. The molecule has 1 saturated carbocycles. The predicted octanol–water partition coefficient (Wildman–Crippen LogP) is 2.05. The fourth-order valence-corrected chi connectivity index (χ4v) is 2.52. The van der Waals surface area contributed by atoms with Gasteiger partial charge in [-0.15, -0.1) is 0 Å². The zero-order valence-corrected chi connectivity index (χ0v) is 10.5. The Kier molecular flexibility index (Phi) is 4.40. The van der Waals surface area contributed by atoms with Crippen molar-refractivity contribution < 1.29 is 4.74 Å². The number of rotatable bonds is 4. The lowest BCUT2D eigenvalue weighted by Crippen LogP contribution is -2.39. The third-order valence-corrected chi connectivity index (χ3v) is 3.49. The first-order valence-corrected chi connectivity index (χ1v) is 6.40. The Morgan fingerprint density at radius 3 is 2.94 bits per heavy atom. The van der Waals surface area contributed by atoms with Crippen molar-refractivity contribution in [1.82, 2.24) is 5.32 Å². The smallest absolute Gasteiger partial charge is 0.123 e. The average molecular weight is 234 g/mol. The summed E-state index contributed by atoms with van der Waals surface area (Å²) < 4.78 is 5.34. The highest BCUT2D eigenvalue weighted by Gasteiger charge is 2.18. The molecule has 3 heteroatoms. The molecule has 2 rings (SSSR count). The van der Waals surface area contributed by atoms with Gasteiger partial charge in [0.15, 0.2) is 0 Å². The van der Waals surface area contributed by atoms with Crippen molar-refractivity contribution >= 4 is 0 Å². The quantitative estimate of drug-likeness (QED) is 0.838. The molecular weight excluding hydrogens is 212 g/mol. The third-order valence-electron chi connectivity index (χ3n) is 3.49. The first kappa shape index (κ1) is 12.4. The van der Waals surface area contributed by atoms with Gasteiger partial charge in [0.25, 0.3) is 0 Å². The normalized spacial score (nSPS) is 24.6. The Hall–Kier alpha value is -1.06. The summed E-state index contributed by atoms with van der Waals surface area (Å²) in [6.07, 6.45) is 4.75. The van der Waals surface area contributed by atoms with Gasteiger partial charge in [0.05, 0.1) is 7.11 Å². The minimum Gasteiger partial charge on any atom is -0.496 e. The molecule has 0 heterocycles. The van der Waals surface area contributed by atoms with Crippen molar-refractivity contribution in [3.05, 3.63) is 29.8 Å². The van der Waals surface area contributed by atoms with E-state index in [4.69, 9.17) is 10.5 Å². The molecule has 0 radical (unpaired) electrons. The van der Waals surface area contributed by atoms with Gasteiger partial charge >= 0.3 is 0 Å². The van der Waals surface area contributed by atoms with Crippen LogP contribution in [0.1, 0.15) is 31.2 Å². The van der Waals surface area contributed by atoms with Gasteiger partial charge in [-0.25, -0.2) is 0 Å². The summed E-state index contributed by atoms with van der Waals surface area (Å²) in [4.78, 5) is 0. The fraction of sp³-hybridized carbons (Fsp3) is 0.571. The SMILES string of the molecule is COc1ccccc1CNC1CCCC(N)C1. The minimum atomic E-state index is 0.374. The maximum Gasteiger partial charge on any atom is 0.123 e. The van der Waals surface area contributed by atoms with E-state index in [1.807, 2.05) is 18.2 Å². The number of hydrogen-bond donors (Lipinski definition) is 2. The van der Waals surface area contributed by atoms with E-state index >= 15 is 0 Å². The van der Waals surface area contributed by atoms with E-state index in [1.165, 1.54) is 24.8 Å². The van der Waals surface area contributed by atoms with Crippen molar-refractivity contribution in [2.24, 2.45) is 5.73 Å². The maximum absolute atomic E-state index is 5.99. The van der Waals surface area contributed by atoms with E-state index < -0.39 is 0 Å². The Morgan fingerprint density at radius 2 is 2.18 bits per heavy atom. The molecule has 0 amide bonds. The molecule has 0 spiro atoms. The standard InChI is InChI=1S/C14H22N2O/c1-17-14-8-3-2-5-11(14)10-16-13-7-4-6-12(15)9-13/h2-3,5,8,12-13,16H,4,6-7,9-10,15H2,1H3. The van der Waals surface area contributed by atoms with Crippen LogP contribution in [-0.4, -0.2) is 19.2 Å². The first-order valence-electron chi connectivity index (χ1n) is 6.40. The van der Waals surface area contributed by atoms with Gasteiger partial charge < -0.3 is 15.8 Å². The number of methoxy groups -OCH3 is 1. The van der Waals surface area contributed by atoms with Crippen LogP contribution in [0.2, 0.25) is 0 Å². The molecule has 1 aromatic carbocycles. The molecule has 0 saturated heterocycles. The van der Waals surface area contributed by atoms with Crippen LogP contribution in [-0.2, 0) is 6.54 Å². The Labute approximate surface area is 103 Å². The number of ether oxygens (including phenoxy) is 1. The topological polar surface area (TPSA) is 47.3 Å². The lowest BCUT2D eigenvalue weighted by Gasteiger charge is -2.27. The molecule has 1 aliphatic carbocycles. The third kappa shape index (κ3) is 3.45. The maximum atomic E-state index is 5.99. The summed E-state index contributed by atoms with van der Waals surface area (Å²) in [6, 6.07) is 9.09. The van der Waals surface area contributed by atoms with Gasteiger partial charge in [-0.05, 0) is 25.3 Å². The molecule has 3 nitrogen and oxygen atoms in total. The van der Waals surface area contributed by atoms with Crippen molar-refractivity contribution in [3.63, 3.8) is 0 Å². The predicted molar refractivity (Wildman–Crippen MR) is 70.1 cm³/mol. The highest BCUT2D eigenvalue weighted by molar-refractivity contribution is 5.33. The summed E-state index contributed by atoms with van der Waals surface area (Å²) in [5.74, 6) is 0.958. The second-order valence-corrected chi connectivity index (χ2v) is 4.82. The number of para-hydroxylation sites is 1. The number of nitrogens with two attached hydrogens (primary N) is 1. The summed E-state index contributed by atoms with van der Waals surface area (Å²) in [6.45, 7) is 0.862. The van der Waals surface area contributed by atoms with Gasteiger partial charge in [0.1, 0.15) is 5.75 Å². The van der Waals surface area contributed by atoms with E-state index in [2.05, 4.69) is 11.4 Å². The van der Waals surface area contributed by atoms with Crippen LogP contribution >= 0.6 is 0 Å². The zero-order valence-electron chi connectivity index (χ0n) is 10.5. The number of benzene rings is 1. The molecule has 3 N–H and O–H groups in total. The van der Waals surface area contributed by atoms with Gasteiger partial charge in [0.2, 0.25) is 0 Å². The highest BCUT2D eigenvalue weighted by atomic mass is 16.5. The molecule has 0 aromatic heterocycles. The highest BCUT2D eigenvalue weighted by Crippen LogP contribution is 2.20. The second kappa shape index (κ2) is 6.03. The lowest BCUT2D eigenvalue weighted by molar-refractivity contribution is 0.335. The molecule has 0 bridgehead atoms. The molecule has 17 heavy (non-hydrogen) atoms. The fourth-order valence-electron chi connectivity index (χ4n) is 2.52.